The lowest BCUT2D eigenvalue weighted by molar-refractivity contribution is -0.123. The molecule has 0 fully saturated rings. The van der Waals surface area contributed by atoms with Gasteiger partial charge < -0.3 is 4.57 Å². The summed E-state index contributed by atoms with van der Waals surface area (Å²) in [5.41, 5.74) is 7.03. The number of benzene rings is 2. The highest BCUT2D eigenvalue weighted by Gasteiger charge is 2.36. The number of aryl methyl sites for hydroxylation is 2. The smallest absolute Gasteiger partial charge is 0.259 e. The van der Waals surface area contributed by atoms with Crippen LogP contribution in [0, 0.1) is 6.92 Å². The van der Waals surface area contributed by atoms with Crippen LogP contribution in [0.5, 0.6) is 0 Å². The van der Waals surface area contributed by atoms with E-state index in [0.717, 1.165) is 39.6 Å². The Morgan fingerprint density at radius 2 is 1.74 bits per heavy atom. The highest BCUT2D eigenvalue weighted by Crippen LogP contribution is 2.40. The monoisotopic (exact) mass is 354 g/mol. The van der Waals surface area contributed by atoms with Gasteiger partial charge in [0, 0.05) is 29.7 Å². The van der Waals surface area contributed by atoms with Crippen LogP contribution in [0.25, 0.3) is 22.0 Å². The summed E-state index contributed by atoms with van der Waals surface area (Å²) in [6.45, 7) is 2.04. The lowest BCUT2D eigenvalue weighted by atomic mass is 9.92. The average molecular weight is 354 g/mol. The molecule has 0 saturated heterocycles. The highest BCUT2D eigenvalue weighted by molar-refractivity contribution is 6.41. The molecule has 4 nitrogen and oxygen atoms in total. The van der Waals surface area contributed by atoms with Crippen LogP contribution in [0.4, 0.5) is 0 Å². The summed E-state index contributed by atoms with van der Waals surface area (Å²) < 4.78 is 2.01. The number of rotatable bonds is 2. The summed E-state index contributed by atoms with van der Waals surface area (Å²) in [7, 11) is 1.96. The first kappa shape index (κ1) is 15.8. The summed E-state index contributed by atoms with van der Waals surface area (Å²) in [6, 6.07) is 14.2. The van der Waals surface area contributed by atoms with E-state index in [9.17, 15) is 9.59 Å². The van der Waals surface area contributed by atoms with E-state index in [1.165, 1.54) is 5.56 Å². The second-order valence-electron chi connectivity index (χ2n) is 7.19. The van der Waals surface area contributed by atoms with Crippen LogP contribution in [-0.4, -0.2) is 16.4 Å². The van der Waals surface area contributed by atoms with Crippen molar-refractivity contribution in [3.63, 3.8) is 0 Å². The molecule has 1 aromatic heterocycles. The first-order valence-electron chi connectivity index (χ1n) is 8.99. The van der Waals surface area contributed by atoms with Crippen molar-refractivity contribution in [1.82, 2.24) is 9.88 Å². The Labute approximate surface area is 156 Å². The number of hydrogen-bond donors (Lipinski definition) is 1. The number of allylic oxidation sites excluding steroid dienone is 1. The fraction of sp³-hybridized carbons (Fsp3) is 0.130. The molecule has 0 spiro atoms. The summed E-state index contributed by atoms with van der Waals surface area (Å²) in [5, 5.41) is 3.49. The molecule has 4 heteroatoms. The van der Waals surface area contributed by atoms with Gasteiger partial charge >= 0.3 is 0 Å². The fourth-order valence-electron chi connectivity index (χ4n) is 4.18. The number of nitrogens with zero attached hydrogens (tertiary/aromatic N) is 1. The van der Waals surface area contributed by atoms with Crippen LogP contribution in [0.3, 0.4) is 0 Å². The molecule has 2 aliphatic rings. The van der Waals surface area contributed by atoms with Crippen LogP contribution < -0.4 is 5.32 Å². The number of amides is 2. The zero-order valence-corrected chi connectivity index (χ0v) is 15.2. The molecule has 0 radical (unpaired) electrons. The predicted molar refractivity (Wildman–Crippen MR) is 106 cm³/mol. The third kappa shape index (κ3) is 2.23. The number of imide groups is 1. The molecule has 2 heterocycles. The Morgan fingerprint density at radius 3 is 2.59 bits per heavy atom. The van der Waals surface area contributed by atoms with Gasteiger partial charge in [-0.25, -0.2) is 0 Å². The molecule has 5 rings (SSSR count). The van der Waals surface area contributed by atoms with Crippen molar-refractivity contribution in [3.05, 3.63) is 82.6 Å². The van der Waals surface area contributed by atoms with Crippen molar-refractivity contribution in [2.24, 2.45) is 7.05 Å². The summed E-state index contributed by atoms with van der Waals surface area (Å²) >= 11 is 0. The maximum absolute atomic E-state index is 12.8. The first-order chi connectivity index (χ1) is 13.0. The maximum atomic E-state index is 12.8. The lowest BCUT2D eigenvalue weighted by Gasteiger charge is -2.07. The summed E-state index contributed by atoms with van der Waals surface area (Å²) in [5.74, 6) is -0.643. The van der Waals surface area contributed by atoms with Crippen LogP contribution in [-0.2, 0) is 23.1 Å². The Hall–Kier alpha value is -3.40. The molecular weight excluding hydrogens is 336 g/mol. The van der Waals surface area contributed by atoms with E-state index in [-0.39, 0.29) is 11.8 Å². The van der Waals surface area contributed by atoms with Gasteiger partial charge in [-0.1, -0.05) is 42.5 Å². The van der Waals surface area contributed by atoms with Gasteiger partial charge in [0.05, 0.1) is 11.1 Å². The quantitative estimate of drug-likeness (QED) is 0.716. The van der Waals surface area contributed by atoms with Gasteiger partial charge in [0.25, 0.3) is 11.8 Å². The molecule has 0 atom stereocenters. The van der Waals surface area contributed by atoms with Gasteiger partial charge in [0.2, 0.25) is 0 Å². The molecule has 0 bridgehead atoms. The third-order valence-corrected chi connectivity index (χ3v) is 5.45. The van der Waals surface area contributed by atoms with Crippen LogP contribution >= 0.6 is 0 Å². The number of carbonyl (C=O) groups excluding carboxylic acids is 2. The minimum atomic E-state index is -0.326. The van der Waals surface area contributed by atoms with Crippen LogP contribution in [0.15, 0.2) is 60.3 Å². The predicted octanol–water partition coefficient (Wildman–Crippen LogP) is 3.54. The van der Waals surface area contributed by atoms with Crippen molar-refractivity contribution < 1.29 is 9.59 Å². The van der Waals surface area contributed by atoms with E-state index < -0.39 is 0 Å². The van der Waals surface area contributed by atoms with Gasteiger partial charge in [-0.15, -0.1) is 0 Å². The molecular formula is C23H18N2O2. The summed E-state index contributed by atoms with van der Waals surface area (Å²) in [6.07, 6.45) is 4.77. The van der Waals surface area contributed by atoms with Crippen LogP contribution in [0.2, 0.25) is 0 Å². The molecule has 0 saturated carbocycles. The Balaban J connectivity index is 1.79. The average Bonchev–Trinajstić information content (AvgIpc) is 3.29. The minimum absolute atomic E-state index is 0.318. The molecule has 1 N–H and O–H groups in total. The Morgan fingerprint density at radius 1 is 0.963 bits per heavy atom. The van der Waals surface area contributed by atoms with E-state index in [4.69, 9.17) is 0 Å². The van der Waals surface area contributed by atoms with E-state index >= 15 is 0 Å². The third-order valence-electron chi connectivity index (χ3n) is 5.45. The standard InChI is InChI=1S/C23H18N2O2/c1-13-7-9-16-18(12-25(2)19(16)11-13)21-20(22(26)24-23(21)27)17-10-8-14-5-3-4-6-15(14)17/h3-7,9-12H,8H2,1-2H3,(H,24,26,27). The van der Waals surface area contributed by atoms with Gasteiger partial charge in [-0.3, -0.25) is 14.9 Å². The van der Waals surface area contributed by atoms with Crippen molar-refractivity contribution in [3.8, 4) is 0 Å². The zero-order valence-electron chi connectivity index (χ0n) is 15.2. The number of aromatic nitrogens is 1. The largest absolute Gasteiger partial charge is 0.350 e. The number of nitrogens with one attached hydrogen (secondary N) is 1. The van der Waals surface area contributed by atoms with E-state index in [2.05, 4.69) is 17.4 Å². The summed E-state index contributed by atoms with van der Waals surface area (Å²) in [4.78, 5) is 25.5. The number of fused-ring (bicyclic) bond motifs is 2. The topological polar surface area (TPSA) is 51.1 Å². The van der Waals surface area contributed by atoms with E-state index in [1.807, 2.05) is 61.1 Å². The van der Waals surface area contributed by atoms with Gasteiger partial charge in [0.15, 0.2) is 0 Å². The second kappa shape index (κ2) is 5.55. The molecule has 132 valence electrons. The number of carbonyl (C=O) groups is 2. The van der Waals surface area contributed by atoms with Gasteiger partial charge in [-0.05, 0) is 41.7 Å². The molecule has 0 unspecified atom stereocenters. The van der Waals surface area contributed by atoms with Gasteiger partial charge in [-0.2, -0.15) is 0 Å². The van der Waals surface area contributed by atoms with E-state index in [1.54, 1.807) is 0 Å². The van der Waals surface area contributed by atoms with Crippen LogP contribution in [0.1, 0.15) is 22.3 Å². The Kier molecular flexibility index (Phi) is 3.25. The molecule has 2 amide bonds. The molecule has 27 heavy (non-hydrogen) atoms. The molecule has 1 aliphatic heterocycles. The van der Waals surface area contributed by atoms with Crippen molar-refractivity contribution in [2.45, 2.75) is 13.3 Å². The van der Waals surface area contributed by atoms with Crippen molar-refractivity contribution >= 4 is 33.9 Å². The Bertz CT molecular complexity index is 1220. The lowest BCUT2D eigenvalue weighted by Crippen LogP contribution is -2.23. The zero-order chi connectivity index (χ0) is 18.7. The molecule has 3 aromatic rings. The van der Waals surface area contributed by atoms with Crippen molar-refractivity contribution in [1.29, 1.82) is 0 Å². The van der Waals surface area contributed by atoms with E-state index in [0.29, 0.717) is 11.1 Å². The maximum Gasteiger partial charge on any atom is 0.259 e. The SMILES string of the molecule is Cc1ccc2c(C3=C(C4=CCc5ccccc54)C(=O)NC3=O)cn(C)c2c1. The first-order valence-corrected chi connectivity index (χ1v) is 8.99. The number of hydrogen-bond acceptors (Lipinski definition) is 2. The van der Waals surface area contributed by atoms with Crippen molar-refractivity contribution in [2.75, 3.05) is 0 Å². The fourth-order valence-corrected chi connectivity index (χ4v) is 4.18. The highest BCUT2D eigenvalue weighted by atomic mass is 16.2. The second-order valence-corrected chi connectivity index (χ2v) is 7.19. The van der Waals surface area contributed by atoms with Gasteiger partial charge in [0.1, 0.15) is 0 Å². The minimum Gasteiger partial charge on any atom is -0.350 e. The molecule has 2 aromatic carbocycles. The molecule has 1 aliphatic carbocycles. The normalized spacial score (nSPS) is 16.1.